The molecule has 2 heterocycles. The first-order valence-corrected chi connectivity index (χ1v) is 10.4. The topological polar surface area (TPSA) is 116 Å². The van der Waals surface area contributed by atoms with Crippen LogP contribution in [0.4, 0.5) is 0 Å². The standard InChI is InChI=1S/C25H21N3O6/c1-3-31-21-14-17(11-12-19(21)33-25(30)20-10-7-13-32-20)15-26-27-24(29)22-16(2)34-28-23(22)18-8-5-4-6-9-18/h4-15H,3H2,1-2H3,(H,27,29)/b26-15-. The van der Waals surface area contributed by atoms with Gasteiger partial charge in [-0.2, -0.15) is 5.10 Å². The number of hydrazone groups is 1. The molecule has 4 rings (SSSR count). The SMILES string of the molecule is CCOc1cc(/C=N\NC(=O)c2c(-c3ccccc3)noc2C)ccc1OC(=O)c1ccco1. The van der Waals surface area contributed by atoms with Gasteiger partial charge in [0.2, 0.25) is 5.76 Å². The van der Waals surface area contributed by atoms with Crippen LogP contribution < -0.4 is 14.9 Å². The molecule has 34 heavy (non-hydrogen) atoms. The second-order valence-corrected chi connectivity index (χ2v) is 7.03. The lowest BCUT2D eigenvalue weighted by Gasteiger charge is -2.10. The first kappa shape index (κ1) is 22.5. The van der Waals surface area contributed by atoms with Crippen LogP contribution in [-0.2, 0) is 0 Å². The van der Waals surface area contributed by atoms with Crippen molar-refractivity contribution in [3.63, 3.8) is 0 Å². The molecular weight excluding hydrogens is 438 g/mol. The number of benzene rings is 2. The number of rotatable bonds is 8. The zero-order valence-corrected chi connectivity index (χ0v) is 18.5. The summed E-state index contributed by atoms with van der Waals surface area (Å²) in [5.74, 6) is -0.0561. The summed E-state index contributed by atoms with van der Waals surface area (Å²) in [5, 5.41) is 8.04. The fourth-order valence-corrected chi connectivity index (χ4v) is 3.16. The van der Waals surface area contributed by atoms with Gasteiger partial charge >= 0.3 is 5.97 Å². The Morgan fingerprint density at radius 2 is 1.91 bits per heavy atom. The second-order valence-electron chi connectivity index (χ2n) is 7.03. The Hall–Kier alpha value is -4.66. The van der Waals surface area contributed by atoms with Crippen molar-refractivity contribution in [2.24, 2.45) is 5.10 Å². The summed E-state index contributed by atoms with van der Waals surface area (Å²) < 4.78 is 21.2. The van der Waals surface area contributed by atoms with E-state index in [-0.39, 0.29) is 11.5 Å². The van der Waals surface area contributed by atoms with Gasteiger partial charge in [0.15, 0.2) is 11.5 Å². The summed E-state index contributed by atoms with van der Waals surface area (Å²) in [6.45, 7) is 3.83. The van der Waals surface area contributed by atoms with Crippen LogP contribution in [0.25, 0.3) is 11.3 Å². The van der Waals surface area contributed by atoms with E-state index in [1.165, 1.54) is 18.5 Å². The predicted molar refractivity (Wildman–Crippen MR) is 123 cm³/mol. The third kappa shape index (κ3) is 5.04. The second kappa shape index (κ2) is 10.3. The molecule has 0 aliphatic carbocycles. The molecule has 1 N–H and O–H groups in total. The smallest absolute Gasteiger partial charge is 0.379 e. The minimum absolute atomic E-state index is 0.0784. The molecule has 9 nitrogen and oxygen atoms in total. The maximum atomic E-state index is 12.8. The minimum atomic E-state index is -0.641. The van der Waals surface area contributed by atoms with E-state index in [9.17, 15) is 9.59 Å². The molecule has 0 spiro atoms. The van der Waals surface area contributed by atoms with Crippen LogP contribution in [0, 0.1) is 6.92 Å². The number of furan rings is 1. The third-order valence-electron chi connectivity index (χ3n) is 4.71. The van der Waals surface area contributed by atoms with Crippen molar-refractivity contribution in [1.29, 1.82) is 0 Å². The van der Waals surface area contributed by atoms with Gasteiger partial charge in [-0.25, -0.2) is 10.2 Å². The summed E-state index contributed by atoms with van der Waals surface area (Å²) in [6.07, 6.45) is 2.83. The van der Waals surface area contributed by atoms with Crippen molar-refractivity contribution < 1.29 is 28.0 Å². The molecule has 9 heteroatoms. The predicted octanol–water partition coefficient (Wildman–Crippen LogP) is 4.62. The highest BCUT2D eigenvalue weighted by Gasteiger charge is 2.21. The Labute approximate surface area is 195 Å². The van der Waals surface area contributed by atoms with Crippen molar-refractivity contribution in [3.8, 4) is 22.8 Å². The Morgan fingerprint density at radius 1 is 1.09 bits per heavy atom. The molecule has 0 radical (unpaired) electrons. The van der Waals surface area contributed by atoms with E-state index in [1.807, 2.05) is 37.3 Å². The molecule has 4 aromatic rings. The van der Waals surface area contributed by atoms with Gasteiger partial charge in [0.1, 0.15) is 17.0 Å². The van der Waals surface area contributed by atoms with Crippen molar-refractivity contribution >= 4 is 18.1 Å². The van der Waals surface area contributed by atoms with Gasteiger partial charge in [-0.3, -0.25) is 4.79 Å². The van der Waals surface area contributed by atoms with E-state index in [4.69, 9.17) is 18.4 Å². The molecule has 0 aliphatic heterocycles. The molecule has 0 aliphatic rings. The Bertz CT molecular complexity index is 1310. The number of carbonyl (C=O) groups is 2. The summed E-state index contributed by atoms with van der Waals surface area (Å²) in [5.41, 5.74) is 4.61. The van der Waals surface area contributed by atoms with Gasteiger partial charge < -0.3 is 18.4 Å². The lowest BCUT2D eigenvalue weighted by Crippen LogP contribution is -2.18. The molecule has 0 saturated carbocycles. The normalized spacial score (nSPS) is 10.9. The van der Waals surface area contributed by atoms with Crippen LogP contribution in [0.5, 0.6) is 11.5 Å². The summed E-state index contributed by atoms with van der Waals surface area (Å²) in [4.78, 5) is 24.9. The number of hydrogen-bond donors (Lipinski definition) is 1. The van der Waals surface area contributed by atoms with Crippen molar-refractivity contribution in [2.75, 3.05) is 6.61 Å². The maximum Gasteiger partial charge on any atom is 0.379 e. The Kier molecular flexibility index (Phi) is 6.83. The van der Waals surface area contributed by atoms with Crippen LogP contribution in [0.3, 0.4) is 0 Å². The zero-order valence-electron chi connectivity index (χ0n) is 18.5. The molecule has 0 bridgehead atoms. The number of esters is 1. The van der Waals surface area contributed by atoms with Crippen molar-refractivity contribution in [3.05, 3.63) is 89.6 Å². The summed E-state index contributed by atoms with van der Waals surface area (Å²) >= 11 is 0. The fraction of sp³-hybridized carbons (Fsp3) is 0.120. The molecule has 2 aromatic carbocycles. The molecule has 0 atom stereocenters. The third-order valence-corrected chi connectivity index (χ3v) is 4.71. The number of ether oxygens (including phenoxy) is 2. The molecular formula is C25H21N3O6. The highest BCUT2D eigenvalue weighted by atomic mass is 16.6. The number of aryl methyl sites for hydroxylation is 1. The molecule has 2 aromatic heterocycles. The van der Waals surface area contributed by atoms with Gasteiger partial charge in [0, 0.05) is 5.56 Å². The van der Waals surface area contributed by atoms with E-state index >= 15 is 0 Å². The largest absolute Gasteiger partial charge is 0.490 e. The first-order chi connectivity index (χ1) is 16.6. The van der Waals surface area contributed by atoms with Gasteiger partial charge in [0.25, 0.3) is 5.91 Å². The van der Waals surface area contributed by atoms with E-state index in [0.717, 1.165) is 5.56 Å². The molecule has 0 fully saturated rings. The van der Waals surface area contributed by atoms with Gasteiger partial charge in [0.05, 0.1) is 19.1 Å². The zero-order chi connectivity index (χ0) is 23.9. The van der Waals surface area contributed by atoms with E-state index < -0.39 is 11.9 Å². The quantitative estimate of drug-likeness (QED) is 0.177. The van der Waals surface area contributed by atoms with Crippen LogP contribution >= 0.6 is 0 Å². The Morgan fingerprint density at radius 3 is 2.65 bits per heavy atom. The lowest BCUT2D eigenvalue weighted by molar-refractivity contribution is 0.0695. The van der Waals surface area contributed by atoms with Gasteiger partial charge in [-0.1, -0.05) is 35.5 Å². The molecule has 1 amide bonds. The van der Waals surface area contributed by atoms with E-state index in [1.54, 1.807) is 31.2 Å². The number of carbonyl (C=O) groups excluding carboxylic acids is 2. The minimum Gasteiger partial charge on any atom is -0.490 e. The summed E-state index contributed by atoms with van der Waals surface area (Å²) in [6, 6.07) is 17.2. The first-order valence-electron chi connectivity index (χ1n) is 10.4. The average Bonchev–Trinajstić information content (AvgIpc) is 3.51. The number of hydrogen-bond acceptors (Lipinski definition) is 8. The van der Waals surface area contributed by atoms with E-state index in [0.29, 0.717) is 34.9 Å². The fourth-order valence-electron chi connectivity index (χ4n) is 3.16. The molecule has 172 valence electrons. The Balaban J connectivity index is 1.48. The van der Waals surface area contributed by atoms with Crippen LogP contribution in [0.1, 0.15) is 39.2 Å². The van der Waals surface area contributed by atoms with Gasteiger partial charge in [-0.05, 0) is 49.7 Å². The maximum absolute atomic E-state index is 12.8. The van der Waals surface area contributed by atoms with Crippen molar-refractivity contribution in [2.45, 2.75) is 13.8 Å². The highest BCUT2D eigenvalue weighted by molar-refractivity contribution is 6.01. The lowest BCUT2D eigenvalue weighted by atomic mass is 10.1. The van der Waals surface area contributed by atoms with Crippen LogP contribution in [0.2, 0.25) is 0 Å². The van der Waals surface area contributed by atoms with E-state index in [2.05, 4.69) is 15.7 Å². The number of nitrogens with zero attached hydrogens (tertiary/aromatic N) is 2. The molecule has 0 unspecified atom stereocenters. The number of nitrogens with one attached hydrogen (secondary N) is 1. The number of aromatic nitrogens is 1. The molecule has 0 saturated heterocycles. The van der Waals surface area contributed by atoms with Gasteiger partial charge in [-0.15, -0.1) is 0 Å². The van der Waals surface area contributed by atoms with Crippen LogP contribution in [-0.4, -0.2) is 29.9 Å². The average molecular weight is 459 g/mol. The van der Waals surface area contributed by atoms with Crippen molar-refractivity contribution in [1.82, 2.24) is 10.6 Å². The highest BCUT2D eigenvalue weighted by Crippen LogP contribution is 2.29. The summed E-state index contributed by atoms with van der Waals surface area (Å²) in [7, 11) is 0. The monoisotopic (exact) mass is 459 g/mol. The number of amides is 1. The van der Waals surface area contributed by atoms with Crippen LogP contribution in [0.15, 0.2) is 81.0 Å².